The maximum absolute atomic E-state index is 4.25. The van der Waals surface area contributed by atoms with Crippen LogP contribution >= 0.6 is 11.3 Å². The van der Waals surface area contributed by atoms with Crippen LogP contribution in [0, 0.1) is 5.92 Å². The van der Waals surface area contributed by atoms with E-state index in [1.165, 1.54) is 4.88 Å². The molecule has 88 valence electrons. The zero-order valence-electron chi connectivity index (χ0n) is 10.1. The Labute approximate surface area is 106 Å². The zero-order valence-corrected chi connectivity index (χ0v) is 10.9. The van der Waals surface area contributed by atoms with Gasteiger partial charge < -0.3 is 0 Å². The van der Waals surface area contributed by atoms with Crippen molar-refractivity contribution >= 4 is 17.4 Å². The molecule has 2 heterocycles. The van der Waals surface area contributed by atoms with Gasteiger partial charge in [-0.2, -0.15) is 0 Å². The molecule has 0 aliphatic heterocycles. The largest absolute Gasteiger partial charge is 0.236 e. The third-order valence-corrected chi connectivity index (χ3v) is 3.35. The Morgan fingerprint density at radius 2 is 2.00 bits per heavy atom. The summed E-state index contributed by atoms with van der Waals surface area (Å²) in [7, 11) is 0. The third-order valence-electron chi connectivity index (χ3n) is 2.30. The molecule has 0 atom stereocenters. The highest BCUT2D eigenvalue weighted by Gasteiger charge is 2.02. The fourth-order valence-corrected chi connectivity index (χ4v) is 2.33. The van der Waals surface area contributed by atoms with Crippen molar-refractivity contribution in [2.75, 3.05) is 0 Å². The Morgan fingerprint density at radius 1 is 1.24 bits per heavy atom. The van der Waals surface area contributed by atoms with Crippen molar-refractivity contribution < 1.29 is 0 Å². The van der Waals surface area contributed by atoms with Crippen LogP contribution in [0.4, 0.5) is 0 Å². The van der Waals surface area contributed by atoms with E-state index in [4.69, 9.17) is 0 Å². The van der Waals surface area contributed by atoms with Crippen LogP contribution in [0.3, 0.4) is 0 Å². The lowest BCUT2D eigenvalue weighted by Gasteiger charge is -1.95. The van der Waals surface area contributed by atoms with Crippen molar-refractivity contribution in [3.63, 3.8) is 0 Å². The Kier molecular flexibility index (Phi) is 4.04. The Hall–Kier alpha value is -1.48. The molecular formula is C14H16N2S. The fourth-order valence-electron chi connectivity index (χ4n) is 1.45. The van der Waals surface area contributed by atoms with E-state index < -0.39 is 0 Å². The third kappa shape index (κ3) is 3.49. The van der Waals surface area contributed by atoms with Crippen LogP contribution in [0.5, 0.6) is 0 Å². The van der Waals surface area contributed by atoms with Crippen molar-refractivity contribution in [1.82, 2.24) is 9.97 Å². The number of thiophene rings is 1. The molecule has 0 saturated heterocycles. The number of hydrogen-bond acceptors (Lipinski definition) is 3. The van der Waals surface area contributed by atoms with E-state index in [0.717, 1.165) is 17.1 Å². The highest BCUT2D eigenvalue weighted by atomic mass is 32.1. The van der Waals surface area contributed by atoms with Crippen LogP contribution < -0.4 is 0 Å². The van der Waals surface area contributed by atoms with E-state index in [-0.39, 0.29) is 0 Å². The highest BCUT2D eigenvalue weighted by molar-refractivity contribution is 7.16. The van der Waals surface area contributed by atoms with Gasteiger partial charge in [-0.25, -0.2) is 9.97 Å². The maximum Gasteiger partial charge on any atom is 0.169 e. The molecule has 0 radical (unpaired) electrons. The molecule has 0 N–H and O–H groups in total. The molecule has 0 saturated carbocycles. The van der Waals surface area contributed by atoms with Gasteiger partial charge in [0.05, 0.1) is 4.88 Å². The molecule has 17 heavy (non-hydrogen) atoms. The summed E-state index contributed by atoms with van der Waals surface area (Å²) in [5, 5.41) is 0. The predicted molar refractivity (Wildman–Crippen MR) is 73.8 cm³/mol. The first-order chi connectivity index (χ1) is 8.25. The van der Waals surface area contributed by atoms with E-state index in [2.05, 4.69) is 48.1 Å². The summed E-state index contributed by atoms with van der Waals surface area (Å²) >= 11 is 1.73. The van der Waals surface area contributed by atoms with E-state index in [1.54, 1.807) is 23.7 Å². The van der Waals surface area contributed by atoms with Crippen LogP contribution in [0.1, 0.15) is 25.1 Å². The minimum atomic E-state index is 0.711. The van der Waals surface area contributed by atoms with Gasteiger partial charge in [-0.3, -0.25) is 0 Å². The smallest absolute Gasteiger partial charge is 0.169 e. The van der Waals surface area contributed by atoms with Gasteiger partial charge in [0.1, 0.15) is 0 Å². The second-order valence-electron chi connectivity index (χ2n) is 4.31. The molecule has 0 bridgehead atoms. The number of aromatic nitrogens is 2. The Bertz CT molecular complexity index is 486. The van der Waals surface area contributed by atoms with Crippen LogP contribution in [-0.4, -0.2) is 9.97 Å². The molecule has 0 unspecified atom stereocenters. The number of rotatable bonds is 4. The van der Waals surface area contributed by atoms with Gasteiger partial charge in [-0.1, -0.05) is 19.9 Å². The topological polar surface area (TPSA) is 25.8 Å². The number of allylic oxidation sites excluding steroid dienone is 1. The molecule has 0 spiro atoms. The molecule has 2 nitrogen and oxygen atoms in total. The number of hydrogen-bond donors (Lipinski definition) is 0. The molecule has 0 aromatic carbocycles. The monoisotopic (exact) mass is 244 g/mol. The van der Waals surface area contributed by atoms with Gasteiger partial charge in [0.15, 0.2) is 5.82 Å². The molecule has 2 aromatic rings. The summed E-state index contributed by atoms with van der Waals surface area (Å²) in [6.45, 7) is 4.45. The molecule has 3 heteroatoms. The van der Waals surface area contributed by atoms with E-state index in [9.17, 15) is 0 Å². The summed E-state index contributed by atoms with van der Waals surface area (Å²) in [5.74, 6) is 1.52. The molecule has 0 amide bonds. The Balaban J connectivity index is 2.09. The lowest BCUT2D eigenvalue weighted by molar-refractivity contribution is 0.665. The first-order valence-corrected chi connectivity index (χ1v) is 6.61. The van der Waals surface area contributed by atoms with Gasteiger partial charge >= 0.3 is 0 Å². The summed E-state index contributed by atoms with van der Waals surface area (Å²) in [5.41, 5.74) is 0. The van der Waals surface area contributed by atoms with Crippen LogP contribution in [0.25, 0.3) is 16.8 Å². The van der Waals surface area contributed by atoms with Crippen molar-refractivity contribution in [2.45, 2.75) is 20.3 Å². The highest BCUT2D eigenvalue weighted by Crippen LogP contribution is 2.25. The maximum atomic E-state index is 4.25. The SMILES string of the molecule is CC(C)C/C=C/c1ccc(-c2ncccn2)s1. The fraction of sp³-hybridized carbons (Fsp3) is 0.286. The normalized spacial score (nSPS) is 11.5. The Morgan fingerprint density at radius 3 is 2.71 bits per heavy atom. The molecule has 0 aliphatic rings. The standard InChI is InChI=1S/C14H16N2S/c1-11(2)5-3-6-12-7-8-13(17-12)14-15-9-4-10-16-14/h3-4,6-11H,5H2,1-2H3/b6-3+. The molecule has 2 aromatic heterocycles. The van der Waals surface area contributed by atoms with Crippen LogP contribution in [0.2, 0.25) is 0 Å². The average Bonchev–Trinajstić information content (AvgIpc) is 2.78. The van der Waals surface area contributed by atoms with Gasteiger partial charge in [0.2, 0.25) is 0 Å². The van der Waals surface area contributed by atoms with Crippen LogP contribution in [0.15, 0.2) is 36.7 Å². The van der Waals surface area contributed by atoms with E-state index in [1.807, 2.05) is 6.07 Å². The molecular weight excluding hydrogens is 228 g/mol. The number of nitrogens with zero attached hydrogens (tertiary/aromatic N) is 2. The minimum absolute atomic E-state index is 0.711. The predicted octanol–water partition coefficient (Wildman–Crippen LogP) is 4.26. The molecule has 2 rings (SSSR count). The first kappa shape index (κ1) is 12.0. The minimum Gasteiger partial charge on any atom is -0.236 e. The quantitative estimate of drug-likeness (QED) is 0.803. The summed E-state index contributed by atoms with van der Waals surface area (Å²) in [6.07, 6.45) is 9.07. The van der Waals surface area contributed by atoms with Gasteiger partial charge in [-0.05, 0) is 36.6 Å². The first-order valence-electron chi connectivity index (χ1n) is 5.79. The van der Waals surface area contributed by atoms with E-state index >= 15 is 0 Å². The molecule has 0 aliphatic carbocycles. The lowest BCUT2D eigenvalue weighted by Crippen LogP contribution is -1.81. The van der Waals surface area contributed by atoms with Crippen molar-refractivity contribution in [3.8, 4) is 10.7 Å². The van der Waals surface area contributed by atoms with Crippen molar-refractivity contribution in [1.29, 1.82) is 0 Å². The second kappa shape index (κ2) is 5.73. The van der Waals surface area contributed by atoms with Gasteiger partial charge in [0, 0.05) is 17.3 Å². The summed E-state index contributed by atoms with van der Waals surface area (Å²) in [6, 6.07) is 6.03. The van der Waals surface area contributed by atoms with Crippen molar-refractivity contribution in [3.05, 3.63) is 41.5 Å². The average molecular weight is 244 g/mol. The zero-order chi connectivity index (χ0) is 12.1. The van der Waals surface area contributed by atoms with Crippen LogP contribution in [-0.2, 0) is 0 Å². The molecule has 0 fully saturated rings. The van der Waals surface area contributed by atoms with Gasteiger partial charge in [0.25, 0.3) is 0 Å². The van der Waals surface area contributed by atoms with E-state index in [0.29, 0.717) is 5.92 Å². The lowest BCUT2D eigenvalue weighted by atomic mass is 10.1. The van der Waals surface area contributed by atoms with Crippen molar-refractivity contribution in [2.24, 2.45) is 5.92 Å². The summed E-state index contributed by atoms with van der Waals surface area (Å²) < 4.78 is 0. The second-order valence-corrected chi connectivity index (χ2v) is 5.42. The van der Waals surface area contributed by atoms with Gasteiger partial charge in [-0.15, -0.1) is 11.3 Å². The summed E-state index contributed by atoms with van der Waals surface area (Å²) in [4.78, 5) is 10.9.